The second-order valence-electron chi connectivity index (χ2n) is 10.5. The number of rotatable bonds is 5. The van der Waals surface area contributed by atoms with E-state index in [0.717, 1.165) is 24.4 Å². The molecule has 3 aliphatic rings. The van der Waals surface area contributed by atoms with E-state index in [9.17, 15) is 14.7 Å². The first-order chi connectivity index (χ1) is 17.4. The van der Waals surface area contributed by atoms with Crippen molar-refractivity contribution in [1.82, 2.24) is 14.9 Å². The summed E-state index contributed by atoms with van der Waals surface area (Å²) in [5.41, 5.74) is 2.84. The summed E-state index contributed by atoms with van der Waals surface area (Å²) in [6, 6.07) is 9.04. The number of aryl methyl sites for hydroxylation is 1. The highest BCUT2D eigenvalue weighted by molar-refractivity contribution is 7.10. The Hall–Kier alpha value is -2.48. The van der Waals surface area contributed by atoms with E-state index >= 15 is 0 Å². The zero-order valence-electron chi connectivity index (χ0n) is 20.1. The van der Waals surface area contributed by atoms with Gasteiger partial charge in [-0.05, 0) is 79.1 Å². The van der Waals surface area contributed by atoms with Crippen molar-refractivity contribution in [2.24, 2.45) is 0 Å². The van der Waals surface area contributed by atoms with Gasteiger partial charge >= 0.3 is 0 Å². The third-order valence-electron chi connectivity index (χ3n) is 8.12. The molecule has 188 valence electrons. The average molecular weight is 524 g/mol. The molecule has 36 heavy (non-hydrogen) atoms. The molecule has 0 saturated heterocycles. The van der Waals surface area contributed by atoms with Crippen LogP contribution in [-0.4, -0.2) is 32.4 Å². The van der Waals surface area contributed by atoms with E-state index in [-0.39, 0.29) is 17.5 Å². The molecule has 2 aliphatic carbocycles. The van der Waals surface area contributed by atoms with Crippen LogP contribution in [0.15, 0.2) is 40.5 Å². The van der Waals surface area contributed by atoms with Crippen LogP contribution >= 0.6 is 22.9 Å². The smallest absolute Gasteiger partial charge is 0.256 e. The molecular formula is C28H30ClN3O3S. The third-order valence-corrected chi connectivity index (χ3v) is 9.51. The zero-order valence-corrected chi connectivity index (χ0v) is 21.7. The fraction of sp³-hybridized carbons (Fsp3) is 0.464. The van der Waals surface area contributed by atoms with Gasteiger partial charge < -0.3 is 15.0 Å². The molecule has 1 aromatic carbocycles. The lowest BCUT2D eigenvalue weighted by Gasteiger charge is -2.24. The van der Waals surface area contributed by atoms with Gasteiger partial charge in [0.15, 0.2) is 6.10 Å². The number of halogens is 1. The number of hydrogen-bond donors (Lipinski definition) is 2. The van der Waals surface area contributed by atoms with E-state index in [4.69, 9.17) is 16.6 Å². The fourth-order valence-corrected chi connectivity index (χ4v) is 7.28. The topological polar surface area (TPSA) is 86.3 Å². The predicted octanol–water partition coefficient (Wildman–Crippen LogP) is 5.23. The lowest BCUT2D eigenvalue weighted by molar-refractivity contribution is -0.141. The Balaban J connectivity index is 1.25. The highest BCUT2D eigenvalue weighted by Gasteiger charge is 2.50. The summed E-state index contributed by atoms with van der Waals surface area (Å²) in [5, 5.41) is 13.5. The molecule has 8 heteroatoms. The number of fused-ring (bicyclic) bond motifs is 1. The number of amides is 1. The molecule has 1 aliphatic heterocycles. The summed E-state index contributed by atoms with van der Waals surface area (Å²) < 4.78 is 0. The minimum atomic E-state index is -1.32. The summed E-state index contributed by atoms with van der Waals surface area (Å²) >= 11 is 7.84. The quantitative estimate of drug-likeness (QED) is 0.479. The van der Waals surface area contributed by atoms with E-state index in [1.54, 1.807) is 40.5 Å². The summed E-state index contributed by atoms with van der Waals surface area (Å²) in [6.45, 7) is 0.606. The van der Waals surface area contributed by atoms with Crippen molar-refractivity contribution in [2.45, 2.75) is 75.3 Å². The van der Waals surface area contributed by atoms with Crippen molar-refractivity contribution in [2.75, 3.05) is 6.54 Å². The summed E-state index contributed by atoms with van der Waals surface area (Å²) in [6.07, 6.45) is 7.18. The van der Waals surface area contributed by atoms with Gasteiger partial charge in [-0.15, -0.1) is 11.3 Å². The maximum Gasteiger partial charge on any atom is 0.256 e. The van der Waals surface area contributed by atoms with E-state index in [0.29, 0.717) is 41.5 Å². The largest absolute Gasteiger partial charge is 0.378 e. The Bertz CT molecular complexity index is 1360. The Morgan fingerprint density at radius 2 is 2.03 bits per heavy atom. The first-order valence-electron chi connectivity index (χ1n) is 12.9. The molecule has 0 spiro atoms. The van der Waals surface area contributed by atoms with Crippen LogP contribution in [0.4, 0.5) is 0 Å². The molecule has 2 aromatic heterocycles. The Labute approximate surface area is 219 Å². The summed E-state index contributed by atoms with van der Waals surface area (Å²) in [7, 11) is 0. The van der Waals surface area contributed by atoms with Crippen LogP contribution in [0, 0.1) is 0 Å². The monoisotopic (exact) mass is 523 g/mol. The normalized spacial score (nSPS) is 20.1. The molecule has 1 unspecified atom stereocenters. The van der Waals surface area contributed by atoms with Crippen molar-refractivity contribution in [3.05, 3.63) is 84.2 Å². The molecule has 0 radical (unpaired) electrons. The summed E-state index contributed by atoms with van der Waals surface area (Å²) in [4.78, 5) is 37.4. The van der Waals surface area contributed by atoms with Gasteiger partial charge in [-0.2, -0.15) is 0 Å². The standard InChI is InChI=1S/C28H30ClN3O3S/c29-20-8-3-7-18(13-20)24(33)26(35)32-12-4-9-22-21(15-32)25(34)31-27(30-22)28(10-11-28)23-14-19(16-36-23)17-5-1-2-6-17/h3,7-8,13-14,16-17,24,33H,1-2,4-6,9-12,15H2,(H,30,31,34). The van der Waals surface area contributed by atoms with Crippen LogP contribution in [0.5, 0.6) is 0 Å². The van der Waals surface area contributed by atoms with Crippen molar-refractivity contribution in [1.29, 1.82) is 0 Å². The number of hydrogen-bond acceptors (Lipinski definition) is 5. The number of H-pyrrole nitrogens is 1. The fourth-order valence-electron chi connectivity index (χ4n) is 5.83. The molecule has 1 atom stereocenters. The SMILES string of the molecule is O=C(C(O)c1cccc(Cl)c1)N1CCCc2nc(C3(c4cc(C5CCCC5)cs4)CC3)[nH]c(=O)c2C1. The molecule has 2 fully saturated rings. The number of aliphatic hydroxyl groups excluding tert-OH is 1. The van der Waals surface area contributed by atoms with E-state index in [2.05, 4.69) is 16.4 Å². The second-order valence-corrected chi connectivity index (χ2v) is 11.8. The molecule has 0 bridgehead atoms. The van der Waals surface area contributed by atoms with Crippen LogP contribution in [0.2, 0.25) is 5.02 Å². The van der Waals surface area contributed by atoms with Crippen molar-refractivity contribution in [3.8, 4) is 0 Å². The third kappa shape index (κ3) is 4.31. The molecule has 2 saturated carbocycles. The lowest BCUT2D eigenvalue weighted by Crippen LogP contribution is -2.36. The predicted molar refractivity (Wildman–Crippen MR) is 141 cm³/mol. The lowest BCUT2D eigenvalue weighted by atomic mass is 9.97. The van der Waals surface area contributed by atoms with Crippen LogP contribution < -0.4 is 5.56 Å². The second kappa shape index (κ2) is 9.43. The average Bonchev–Trinajstić information content (AvgIpc) is 3.30. The Kier molecular flexibility index (Phi) is 6.26. The molecule has 3 aromatic rings. The van der Waals surface area contributed by atoms with Crippen LogP contribution in [0.25, 0.3) is 0 Å². The zero-order chi connectivity index (χ0) is 24.9. The molecule has 2 N–H and O–H groups in total. The number of carbonyl (C=O) groups is 1. The number of nitrogens with zero attached hydrogens (tertiary/aromatic N) is 2. The molecule has 6 nitrogen and oxygen atoms in total. The number of aromatic nitrogens is 2. The van der Waals surface area contributed by atoms with Crippen LogP contribution in [0.3, 0.4) is 0 Å². The van der Waals surface area contributed by atoms with Crippen LogP contribution in [-0.2, 0) is 23.2 Å². The highest BCUT2D eigenvalue weighted by atomic mass is 35.5. The van der Waals surface area contributed by atoms with E-state index in [1.165, 1.54) is 36.1 Å². The van der Waals surface area contributed by atoms with Gasteiger partial charge in [-0.25, -0.2) is 4.98 Å². The number of thiophene rings is 1. The van der Waals surface area contributed by atoms with Gasteiger partial charge in [-0.3, -0.25) is 9.59 Å². The van der Waals surface area contributed by atoms with Crippen molar-refractivity contribution in [3.63, 3.8) is 0 Å². The number of aliphatic hydroxyl groups is 1. The van der Waals surface area contributed by atoms with Gasteiger partial charge in [0, 0.05) is 16.4 Å². The number of benzene rings is 1. The van der Waals surface area contributed by atoms with Crippen molar-refractivity contribution >= 4 is 28.8 Å². The Morgan fingerprint density at radius 3 is 2.78 bits per heavy atom. The van der Waals surface area contributed by atoms with Gasteiger partial charge in [0.05, 0.1) is 23.2 Å². The molecule has 3 heterocycles. The highest BCUT2D eigenvalue weighted by Crippen LogP contribution is 2.54. The van der Waals surface area contributed by atoms with Gasteiger partial charge in [-0.1, -0.05) is 36.6 Å². The minimum Gasteiger partial charge on any atom is -0.378 e. The molecule has 1 amide bonds. The maximum absolute atomic E-state index is 13.3. The molecule has 6 rings (SSSR count). The van der Waals surface area contributed by atoms with Gasteiger partial charge in [0.2, 0.25) is 0 Å². The maximum atomic E-state index is 13.3. The number of carbonyl (C=O) groups excluding carboxylic acids is 1. The Morgan fingerprint density at radius 1 is 1.22 bits per heavy atom. The first-order valence-corrected chi connectivity index (χ1v) is 14.1. The van der Waals surface area contributed by atoms with Crippen molar-refractivity contribution < 1.29 is 9.90 Å². The van der Waals surface area contributed by atoms with Gasteiger partial charge in [0.1, 0.15) is 5.82 Å². The summed E-state index contributed by atoms with van der Waals surface area (Å²) in [5.74, 6) is 1.02. The van der Waals surface area contributed by atoms with Crippen LogP contribution in [0.1, 0.15) is 90.1 Å². The minimum absolute atomic E-state index is 0.145. The van der Waals surface area contributed by atoms with Gasteiger partial charge in [0.25, 0.3) is 11.5 Å². The van der Waals surface area contributed by atoms with E-state index < -0.39 is 12.0 Å². The molecular weight excluding hydrogens is 494 g/mol. The van der Waals surface area contributed by atoms with E-state index in [1.807, 2.05) is 0 Å². The number of aromatic amines is 1. The first kappa shape index (κ1) is 23.9. The number of nitrogens with one attached hydrogen (secondary N) is 1.